The van der Waals surface area contributed by atoms with E-state index >= 15 is 0 Å². The summed E-state index contributed by atoms with van der Waals surface area (Å²) in [5.41, 5.74) is 0.0932. The summed E-state index contributed by atoms with van der Waals surface area (Å²) in [5.74, 6) is -1.21. The predicted octanol–water partition coefficient (Wildman–Crippen LogP) is -0.104. The van der Waals surface area contributed by atoms with Crippen molar-refractivity contribution < 1.29 is 23.9 Å². The summed E-state index contributed by atoms with van der Waals surface area (Å²) >= 11 is 0. The molecule has 10 heteroatoms. The molecule has 0 atom stereocenters. The van der Waals surface area contributed by atoms with E-state index in [2.05, 4.69) is 15.6 Å². The largest absolute Gasteiger partial charge is 0.478 e. The summed E-state index contributed by atoms with van der Waals surface area (Å²) < 4.78 is 6.52. The Morgan fingerprint density at radius 3 is 2.67 bits per heavy atom. The number of nitrogens with zero attached hydrogens (tertiary/aromatic N) is 4. The molecule has 0 unspecified atom stereocenters. The van der Waals surface area contributed by atoms with Gasteiger partial charge in [0.25, 0.3) is 5.91 Å². The van der Waals surface area contributed by atoms with E-state index in [1.165, 1.54) is 28.8 Å². The van der Waals surface area contributed by atoms with Crippen LogP contribution in [0.5, 0.6) is 0 Å². The second-order valence-corrected chi connectivity index (χ2v) is 5.26. The van der Waals surface area contributed by atoms with E-state index in [1.54, 1.807) is 14.1 Å². The van der Waals surface area contributed by atoms with Gasteiger partial charge >= 0.3 is 5.97 Å². The topological polar surface area (TPSA) is 131 Å². The molecule has 0 spiro atoms. The average molecular weight is 335 g/mol. The van der Waals surface area contributed by atoms with Crippen molar-refractivity contribution in [2.45, 2.75) is 20.0 Å². The van der Waals surface area contributed by atoms with Gasteiger partial charge in [0.05, 0.1) is 12.7 Å². The first-order valence-electron chi connectivity index (χ1n) is 6.99. The lowest BCUT2D eigenvalue weighted by Crippen LogP contribution is -2.26. The molecule has 10 nitrogen and oxygen atoms in total. The third kappa shape index (κ3) is 3.97. The van der Waals surface area contributed by atoms with Crippen molar-refractivity contribution in [2.75, 3.05) is 14.1 Å². The van der Waals surface area contributed by atoms with Crippen LogP contribution in [-0.2, 0) is 17.9 Å². The summed E-state index contributed by atoms with van der Waals surface area (Å²) in [6.07, 6.45) is 1.35. The molecule has 0 bridgehead atoms. The maximum atomic E-state index is 12.0. The highest BCUT2D eigenvalue weighted by Crippen LogP contribution is 2.14. The first-order chi connectivity index (χ1) is 11.3. The number of aromatic carboxylic acids is 1. The Balaban J connectivity index is 1.96. The van der Waals surface area contributed by atoms with Crippen molar-refractivity contribution in [1.29, 1.82) is 0 Å². The van der Waals surface area contributed by atoms with Crippen LogP contribution in [-0.4, -0.2) is 56.9 Å². The highest BCUT2D eigenvalue weighted by Gasteiger charge is 2.16. The van der Waals surface area contributed by atoms with E-state index in [1.807, 2.05) is 0 Å². The summed E-state index contributed by atoms with van der Waals surface area (Å²) in [4.78, 5) is 35.9. The first-order valence-corrected chi connectivity index (χ1v) is 6.99. The van der Waals surface area contributed by atoms with E-state index in [9.17, 15) is 14.4 Å². The Morgan fingerprint density at radius 1 is 1.38 bits per heavy atom. The van der Waals surface area contributed by atoms with E-state index in [0.717, 1.165) is 0 Å². The minimum absolute atomic E-state index is 0.0104. The van der Waals surface area contributed by atoms with Crippen LogP contribution in [0.15, 0.2) is 16.7 Å². The molecule has 24 heavy (non-hydrogen) atoms. The third-order valence-electron chi connectivity index (χ3n) is 3.19. The Bertz CT molecular complexity index is 776. The predicted molar refractivity (Wildman–Crippen MR) is 80.3 cm³/mol. The van der Waals surface area contributed by atoms with Crippen LogP contribution in [0.2, 0.25) is 0 Å². The molecule has 2 aromatic rings. The minimum Gasteiger partial charge on any atom is -0.478 e. The lowest BCUT2D eigenvalue weighted by molar-refractivity contribution is -0.129. The fourth-order valence-corrected chi connectivity index (χ4v) is 1.86. The van der Waals surface area contributed by atoms with Crippen LogP contribution in [0.3, 0.4) is 0 Å². The molecule has 0 aromatic carbocycles. The van der Waals surface area contributed by atoms with E-state index in [0.29, 0.717) is 5.76 Å². The fourth-order valence-electron chi connectivity index (χ4n) is 1.86. The number of furan rings is 1. The van der Waals surface area contributed by atoms with Crippen molar-refractivity contribution in [3.63, 3.8) is 0 Å². The number of aryl methyl sites for hydroxylation is 1. The molecule has 2 aromatic heterocycles. The van der Waals surface area contributed by atoms with Gasteiger partial charge in [-0.25, -0.2) is 9.48 Å². The van der Waals surface area contributed by atoms with Crippen molar-refractivity contribution in [3.05, 3.63) is 35.0 Å². The number of hydrogen-bond donors (Lipinski definition) is 2. The average Bonchev–Trinajstić information content (AvgIpc) is 3.11. The van der Waals surface area contributed by atoms with Crippen LogP contribution in [0.25, 0.3) is 0 Å². The van der Waals surface area contributed by atoms with Gasteiger partial charge in [-0.1, -0.05) is 5.21 Å². The SMILES string of the molecule is Cc1oc(CNC(=O)c2cn(CC(=O)N(C)C)nn2)cc1C(=O)O. The number of carbonyl (C=O) groups is 3. The van der Waals surface area contributed by atoms with Crippen LogP contribution in [0, 0.1) is 6.92 Å². The molecule has 0 aliphatic rings. The van der Waals surface area contributed by atoms with Crippen LogP contribution in [0.4, 0.5) is 0 Å². The van der Waals surface area contributed by atoms with Gasteiger partial charge in [0, 0.05) is 14.1 Å². The Morgan fingerprint density at radius 2 is 2.08 bits per heavy atom. The van der Waals surface area contributed by atoms with Crippen molar-refractivity contribution in [3.8, 4) is 0 Å². The Hall–Kier alpha value is -3.17. The normalized spacial score (nSPS) is 10.5. The number of amides is 2. The van der Waals surface area contributed by atoms with Gasteiger partial charge in [0.2, 0.25) is 5.91 Å². The van der Waals surface area contributed by atoms with Gasteiger partial charge in [-0.3, -0.25) is 9.59 Å². The van der Waals surface area contributed by atoms with Gasteiger partial charge in [-0.2, -0.15) is 0 Å². The molecule has 0 aliphatic heterocycles. The second kappa shape index (κ2) is 6.94. The number of hydrogen-bond acceptors (Lipinski definition) is 6. The van der Waals surface area contributed by atoms with Gasteiger partial charge in [-0.05, 0) is 13.0 Å². The fraction of sp³-hybridized carbons (Fsp3) is 0.357. The molecule has 2 N–H and O–H groups in total. The molecule has 0 saturated heterocycles. The molecule has 2 amide bonds. The lowest BCUT2D eigenvalue weighted by Gasteiger charge is -2.08. The van der Waals surface area contributed by atoms with E-state index in [4.69, 9.17) is 9.52 Å². The molecule has 0 aliphatic carbocycles. The molecule has 0 saturated carbocycles. The smallest absolute Gasteiger partial charge is 0.339 e. The number of carboxylic acid groups (broad SMARTS) is 1. The third-order valence-corrected chi connectivity index (χ3v) is 3.19. The zero-order valence-corrected chi connectivity index (χ0v) is 13.4. The van der Waals surface area contributed by atoms with Crippen molar-refractivity contribution in [1.82, 2.24) is 25.2 Å². The van der Waals surface area contributed by atoms with Crippen LogP contribution >= 0.6 is 0 Å². The zero-order chi connectivity index (χ0) is 17.9. The summed E-state index contributed by atoms with van der Waals surface area (Å²) in [6.45, 7) is 1.52. The van der Waals surface area contributed by atoms with Gasteiger partial charge in [0.15, 0.2) is 5.69 Å². The maximum absolute atomic E-state index is 12.0. The standard InChI is InChI=1S/C14H17N5O5/c1-8-10(14(22)23)4-9(24-8)5-15-13(21)11-6-19(17-16-11)7-12(20)18(2)3/h4,6H,5,7H2,1-3H3,(H,15,21)(H,22,23). The summed E-state index contributed by atoms with van der Waals surface area (Å²) in [7, 11) is 3.23. The maximum Gasteiger partial charge on any atom is 0.339 e. The van der Waals surface area contributed by atoms with Crippen molar-refractivity contribution >= 4 is 17.8 Å². The van der Waals surface area contributed by atoms with Gasteiger partial charge in [0.1, 0.15) is 23.6 Å². The highest BCUT2D eigenvalue weighted by molar-refractivity contribution is 5.92. The van der Waals surface area contributed by atoms with Gasteiger partial charge < -0.3 is 19.7 Å². The van der Waals surface area contributed by atoms with Crippen LogP contribution in [0.1, 0.15) is 32.4 Å². The molecule has 2 heterocycles. The van der Waals surface area contributed by atoms with Gasteiger partial charge in [-0.15, -0.1) is 5.10 Å². The molecular weight excluding hydrogens is 318 g/mol. The quantitative estimate of drug-likeness (QED) is 0.753. The number of carbonyl (C=O) groups excluding carboxylic acids is 2. The van der Waals surface area contributed by atoms with E-state index < -0.39 is 11.9 Å². The molecule has 0 fully saturated rings. The molecular formula is C14H17N5O5. The molecule has 128 valence electrons. The number of rotatable bonds is 6. The molecule has 2 rings (SSSR count). The number of likely N-dealkylation sites (N-methyl/N-ethyl adjacent to an activating group) is 1. The summed E-state index contributed by atoms with van der Waals surface area (Å²) in [5, 5.41) is 18.9. The Labute approximate surface area is 137 Å². The highest BCUT2D eigenvalue weighted by atomic mass is 16.4. The summed E-state index contributed by atoms with van der Waals surface area (Å²) in [6, 6.07) is 1.35. The van der Waals surface area contributed by atoms with E-state index in [-0.39, 0.29) is 36.0 Å². The van der Waals surface area contributed by atoms with Crippen LogP contribution < -0.4 is 5.32 Å². The zero-order valence-electron chi connectivity index (χ0n) is 13.4. The Kier molecular flexibility index (Phi) is 4.97. The first kappa shape index (κ1) is 17.2. The monoisotopic (exact) mass is 335 g/mol. The minimum atomic E-state index is -1.10. The number of aromatic nitrogens is 3. The number of carboxylic acids is 1. The number of nitrogens with one attached hydrogen (secondary N) is 1. The second-order valence-electron chi connectivity index (χ2n) is 5.26. The molecule has 0 radical (unpaired) electrons. The lowest BCUT2D eigenvalue weighted by atomic mass is 10.2. The van der Waals surface area contributed by atoms with Crippen molar-refractivity contribution in [2.24, 2.45) is 0 Å².